The van der Waals surface area contributed by atoms with Gasteiger partial charge in [0.05, 0.1) is 0 Å². The van der Waals surface area contributed by atoms with E-state index in [1.807, 2.05) is 31.2 Å². The van der Waals surface area contributed by atoms with E-state index in [9.17, 15) is 13.0 Å². The van der Waals surface area contributed by atoms with E-state index in [-0.39, 0.29) is 12.8 Å². The van der Waals surface area contributed by atoms with E-state index in [1.54, 1.807) is 0 Å². The van der Waals surface area contributed by atoms with Crippen LogP contribution in [0.3, 0.4) is 0 Å². The minimum Gasteiger partial charge on any atom is -0.323 e. The predicted molar refractivity (Wildman–Crippen MR) is 99.0 cm³/mol. The van der Waals surface area contributed by atoms with E-state index in [2.05, 4.69) is 12.1 Å². The van der Waals surface area contributed by atoms with Crippen LogP contribution < -0.4 is 0 Å². The molecular weight excluding hydrogens is 363 g/mol. The Morgan fingerprint density at radius 2 is 1.80 bits per heavy atom. The molecule has 0 bridgehead atoms. The van der Waals surface area contributed by atoms with E-state index in [0.29, 0.717) is 6.42 Å². The van der Waals surface area contributed by atoms with Crippen molar-refractivity contribution >= 4 is 17.7 Å². The number of aryl methyl sites for hydroxylation is 1. The Bertz CT molecular complexity index is 693. The van der Waals surface area contributed by atoms with Gasteiger partial charge in [0, 0.05) is 0 Å². The Hall–Kier alpha value is -0.980. The third kappa shape index (κ3) is 9.33. The molecule has 0 aliphatic carbocycles. The zero-order chi connectivity index (χ0) is 18.9. The highest BCUT2D eigenvalue weighted by Gasteiger charge is 2.38. The smallest absolute Gasteiger partial charge is 0.323 e. The molecule has 0 saturated heterocycles. The van der Waals surface area contributed by atoms with E-state index in [1.165, 1.54) is 11.1 Å². The van der Waals surface area contributed by atoms with Crippen molar-refractivity contribution in [1.29, 1.82) is 0 Å². The minimum atomic E-state index is -4.87. The molecule has 3 N–H and O–H groups in total. The average molecular weight is 390 g/mol. The molecule has 142 valence electrons. The fourth-order valence-corrected chi connectivity index (χ4v) is 4.98. The molecule has 0 saturated carbocycles. The van der Waals surface area contributed by atoms with Gasteiger partial charge in [0.1, 0.15) is 0 Å². The summed E-state index contributed by atoms with van der Waals surface area (Å²) >= 11 is 0. The van der Waals surface area contributed by atoms with Crippen molar-refractivity contribution < 1.29 is 27.3 Å². The van der Waals surface area contributed by atoms with Gasteiger partial charge in [-0.25, -0.2) is 0 Å². The summed E-state index contributed by atoms with van der Waals surface area (Å²) in [5.41, 5.74) is 2.49. The van der Waals surface area contributed by atoms with Crippen LogP contribution in [0, 0.1) is 0 Å². The Labute approximate surface area is 149 Å². The summed E-state index contributed by atoms with van der Waals surface area (Å²) in [7, 11) is -9.62. The number of rotatable bonds is 11. The van der Waals surface area contributed by atoms with Gasteiger partial charge < -0.3 is 9.79 Å². The largest absolute Gasteiger partial charge is 0.346 e. The maximum absolute atomic E-state index is 11.1. The number of hydrogen-bond acceptors (Lipinski definition) is 3. The lowest BCUT2D eigenvalue weighted by atomic mass is 10.0. The van der Waals surface area contributed by atoms with E-state index >= 15 is 0 Å². The quantitative estimate of drug-likeness (QED) is 0.229. The molecule has 8 heteroatoms. The molecular formula is C17H27O6PS. The van der Waals surface area contributed by atoms with Crippen molar-refractivity contribution in [3.8, 4) is 0 Å². The van der Waals surface area contributed by atoms with Crippen LogP contribution in [0.25, 0.3) is 0 Å². The summed E-state index contributed by atoms with van der Waals surface area (Å²) in [5.74, 6) is 0. The Morgan fingerprint density at radius 3 is 2.36 bits per heavy atom. The average Bonchev–Trinajstić information content (AvgIpc) is 2.49. The first kappa shape index (κ1) is 22.1. The van der Waals surface area contributed by atoms with Crippen LogP contribution in [0.4, 0.5) is 0 Å². The van der Waals surface area contributed by atoms with Crippen LogP contribution >= 0.6 is 7.60 Å². The molecule has 1 aromatic carbocycles. The van der Waals surface area contributed by atoms with Gasteiger partial charge in [0.2, 0.25) is 0 Å². The third-order valence-corrected chi connectivity index (χ3v) is 7.55. The predicted octanol–water partition coefficient (Wildman–Crippen LogP) is 3.91. The first-order chi connectivity index (χ1) is 11.6. The normalized spacial score (nSPS) is 14.5. The lowest BCUT2D eigenvalue weighted by Crippen LogP contribution is -2.20. The molecule has 0 spiro atoms. The van der Waals surface area contributed by atoms with E-state index < -0.39 is 22.7 Å². The lowest BCUT2D eigenvalue weighted by Gasteiger charge is -2.14. The number of unbranched alkanes of at least 4 members (excludes halogenated alkanes) is 2. The van der Waals surface area contributed by atoms with Gasteiger partial charge in [-0.15, -0.1) is 0 Å². The summed E-state index contributed by atoms with van der Waals surface area (Å²) in [6.45, 7) is 1.99. The standard InChI is InChI=1S/C17H27O6PS/c1-15(9-5-7-13-16-11-3-2-4-12-16)10-6-8-14-17(24(18,19)20)25(21,22)23/h2-4,10-12,17H,5-9,13-14H2,1H3,(H2,18,19,20)(H,21,22,23)/b15-10+. The van der Waals surface area contributed by atoms with E-state index in [4.69, 9.17) is 14.3 Å². The summed E-state index contributed by atoms with van der Waals surface area (Å²) in [5, 5.41) is 0. The maximum atomic E-state index is 11.1. The van der Waals surface area contributed by atoms with Gasteiger partial charge in [-0.05, 0) is 57.4 Å². The topological polar surface area (TPSA) is 112 Å². The summed E-state index contributed by atoms with van der Waals surface area (Å²) in [4.78, 5) is 16.0. The van der Waals surface area contributed by atoms with Crippen molar-refractivity contribution in [2.75, 3.05) is 0 Å². The summed E-state index contributed by atoms with van der Waals surface area (Å²) < 4.78 is 42.2. The fraction of sp³-hybridized carbons (Fsp3) is 0.529. The van der Waals surface area contributed by atoms with E-state index in [0.717, 1.165) is 25.7 Å². The molecule has 0 heterocycles. The van der Waals surface area contributed by atoms with Gasteiger partial charge in [-0.3, -0.25) is 9.12 Å². The first-order valence-electron chi connectivity index (χ1n) is 8.32. The zero-order valence-electron chi connectivity index (χ0n) is 14.4. The van der Waals surface area contributed by atoms with Crippen molar-refractivity contribution in [2.24, 2.45) is 0 Å². The highest BCUT2D eigenvalue weighted by Crippen LogP contribution is 2.46. The van der Waals surface area contributed by atoms with Gasteiger partial charge >= 0.3 is 7.60 Å². The molecule has 1 unspecified atom stereocenters. The van der Waals surface area contributed by atoms with Gasteiger partial charge in [-0.2, -0.15) is 8.42 Å². The van der Waals surface area contributed by atoms with Crippen LogP contribution in [-0.2, 0) is 21.1 Å². The molecule has 1 rings (SSSR count). The van der Waals surface area contributed by atoms with Crippen LogP contribution in [0.15, 0.2) is 42.0 Å². The first-order valence-corrected chi connectivity index (χ1v) is 11.5. The molecule has 1 atom stereocenters. The highest BCUT2D eigenvalue weighted by atomic mass is 32.2. The lowest BCUT2D eigenvalue weighted by molar-refractivity contribution is 0.360. The van der Waals surface area contributed by atoms with Crippen molar-refractivity contribution in [2.45, 2.75) is 56.9 Å². The van der Waals surface area contributed by atoms with Crippen LogP contribution in [-0.4, -0.2) is 27.7 Å². The van der Waals surface area contributed by atoms with Crippen molar-refractivity contribution in [3.05, 3.63) is 47.5 Å². The molecule has 0 aromatic heterocycles. The second-order valence-corrected chi connectivity index (χ2v) is 9.98. The second kappa shape index (κ2) is 10.2. The minimum absolute atomic E-state index is 0.263. The Kier molecular flexibility index (Phi) is 9.03. The number of benzene rings is 1. The van der Waals surface area contributed by atoms with Crippen molar-refractivity contribution in [3.63, 3.8) is 0 Å². The van der Waals surface area contributed by atoms with Crippen LogP contribution in [0.2, 0.25) is 0 Å². The highest BCUT2D eigenvalue weighted by molar-refractivity contribution is 7.93. The maximum Gasteiger partial charge on any atom is 0.346 e. The van der Waals surface area contributed by atoms with Gasteiger partial charge in [0.25, 0.3) is 10.1 Å². The van der Waals surface area contributed by atoms with Crippen LogP contribution in [0.1, 0.15) is 51.0 Å². The molecule has 6 nitrogen and oxygen atoms in total. The molecule has 0 amide bonds. The Morgan fingerprint density at radius 1 is 1.16 bits per heavy atom. The molecule has 1 aromatic rings. The molecule has 0 aliphatic rings. The van der Waals surface area contributed by atoms with Crippen molar-refractivity contribution in [1.82, 2.24) is 0 Å². The summed E-state index contributed by atoms with van der Waals surface area (Å²) in [6, 6.07) is 10.3. The SMILES string of the molecule is C/C(=C\CCCC(P(=O)(O)O)S(=O)(=O)O)CCCCc1ccccc1. The fourth-order valence-electron chi connectivity index (χ4n) is 2.61. The van der Waals surface area contributed by atoms with Gasteiger partial charge in [0.15, 0.2) is 4.99 Å². The zero-order valence-corrected chi connectivity index (χ0v) is 16.1. The number of hydrogen-bond donors (Lipinski definition) is 3. The molecule has 0 radical (unpaired) electrons. The number of allylic oxidation sites excluding steroid dienone is 2. The van der Waals surface area contributed by atoms with Gasteiger partial charge in [-0.1, -0.05) is 42.0 Å². The van der Waals surface area contributed by atoms with Crippen LogP contribution in [0.5, 0.6) is 0 Å². The summed E-state index contributed by atoms with van der Waals surface area (Å²) in [6.07, 6.45) is 6.61. The second-order valence-electron chi connectivity index (χ2n) is 6.23. The molecule has 0 fully saturated rings. The monoisotopic (exact) mass is 390 g/mol. The molecule has 25 heavy (non-hydrogen) atoms. The third-order valence-electron chi connectivity index (χ3n) is 4.00. The Balaban J connectivity index is 2.30. The molecule has 0 aliphatic heterocycles.